The van der Waals surface area contributed by atoms with Gasteiger partial charge < -0.3 is 9.84 Å². The highest BCUT2D eigenvalue weighted by Crippen LogP contribution is 2.15. The van der Waals surface area contributed by atoms with E-state index in [0.29, 0.717) is 13.0 Å². The van der Waals surface area contributed by atoms with E-state index in [1.165, 1.54) is 24.6 Å². The van der Waals surface area contributed by atoms with Crippen LogP contribution in [0.5, 0.6) is 0 Å². The Balaban J connectivity index is 3.54. The fourth-order valence-corrected chi connectivity index (χ4v) is 2.17. The van der Waals surface area contributed by atoms with Gasteiger partial charge in [-0.05, 0) is 12.8 Å². The SMILES string of the molecule is CCCCCOC[C@H](CO)SC(=O)CCC. The predicted octanol–water partition coefficient (Wildman–Crippen LogP) is 2.61. The van der Waals surface area contributed by atoms with Gasteiger partial charge in [0.15, 0.2) is 5.12 Å². The minimum Gasteiger partial charge on any atom is -0.395 e. The van der Waals surface area contributed by atoms with Crippen LogP contribution < -0.4 is 0 Å². The van der Waals surface area contributed by atoms with Gasteiger partial charge in [-0.2, -0.15) is 0 Å². The Bertz CT molecular complexity index is 174. The van der Waals surface area contributed by atoms with Crippen LogP contribution in [0.15, 0.2) is 0 Å². The number of ether oxygens (including phenoxy) is 1. The second-order valence-corrected chi connectivity index (χ2v) is 5.18. The van der Waals surface area contributed by atoms with Crippen LogP contribution in [-0.2, 0) is 9.53 Å². The highest BCUT2D eigenvalue weighted by molar-refractivity contribution is 8.14. The quantitative estimate of drug-likeness (QED) is 0.604. The smallest absolute Gasteiger partial charge is 0.189 e. The average molecular weight is 248 g/mol. The van der Waals surface area contributed by atoms with Gasteiger partial charge in [-0.3, -0.25) is 4.79 Å². The van der Waals surface area contributed by atoms with Crippen LogP contribution in [0.1, 0.15) is 46.0 Å². The first kappa shape index (κ1) is 15.9. The molecule has 0 fully saturated rings. The Morgan fingerprint density at radius 3 is 2.62 bits per heavy atom. The molecule has 0 rings (SSSR count). The molecular weight excluding hydrogens is 224 g/mol. The normalized spacial score (nSPS) is 12.7. The van der Waals surface area contributed by atoms with Gasteiger partial charge in [-0.15, -0.1) is 0 Å². The summed E-state index contributed by atoms with van der Waals surface area (Å²) in [5.41, 5.74) is 0. The first-order chi connectivity index (χ1) is 7.74. The molecule has 0 aromatic rings. The molecule has 0 amide bonds. The number of carbonyl (C=O) groups excluding carboxylic acids is 1. The van der Waals surface area contributed by atoms with Crippen molar-refractivity contribution in [1.82, 2.24) is 0 Å². The number of unbranched alkanes of at least 4 members (excludes halogenated alkanes) is 2. The molecule has 0 aliphatic rings. The summed E-state index contributed by atoms with van der Waals surface area (Å²) >= 11 is 1.22. The van der Waals surface area contributed by atoms with E-state index >= 15 is 0 Å². The van der Waals surface area contributed by atoms with Gasteiger partial charge in [0.25, 0.3) is 0 Å². The number of aliphatic hydroxyl groups excluding tert-OH is 1. The van der Waals surface area contributed by atoms with Crippen LogP contribution in [-0.4, -0.2) is 35.3 Å². The third-order valence-corrected chi connectivity index (χ3v) is 3.24. The number of rotatable bonds is 10. The Hall–Kier alpha value is -0.0600. The van der Waals surface area contributed by atoms with Crippen molar-refractivity contribution in [3.05, 3.63) is 0 Å². The lowest BCUT2D eigenvalue weighted by Crippen LogP contribution is -2.19. The second kappa shape index (κ2) is 11.4. The lowest BCUT2D eigenvalue weighted by Gasteiger charge is -2.12. The number of carbonyl (C=O) groups is 1. The Kier molecular flexibility index (Phi) is 11.4. The highest BCUT2D eigenvalue weighted by Gasteiger charge is 2.13. The van der Waals surface area contributed by atoms with Crippen LogP contribution in [0.25, 0.3) is 0 Å². The second-order valence-electron chi connectivity index (χ2n) is 3.83. The molecule has 0 saturated carbocycles. The van der Waals surface area contributed by atoms with E-state index < -0.39 is 0 Å². The molecule has 16 heavy (non-hydrogen) atoms. The van der Waals surface area contributed by atoms with E-state index in [1.807, 2.05) is 6.92 Å². The fraction of sp³-hybridized carbons (Fsp3) is 0.917. The minimum absolute atomic E-state index is 0.00784. The molecule has 0 unspecified atom stereocenters. The van der Waals surface area contributed by atoms with Crippen LogP contribution >= 0.6 is 11.8 Å². The Morgan fingerprint density at radius 2 is 2.06 bits per heavy atom. The van der Waals surface area contributed by atoms with Crippen molar-refractivity contribution in [2.75, 3.05) is 19.8 Å². The van der Waals surface area contributed by atoms with Crippen LogP contribution in [0.3, 0.4) is 0 Å². The molecule has 1 N–H and O–H groups in total. The number of hydrogen-bond donors (Lipinski definition) is 1. The minimum atomic E-state index is -0.0966. The lowest BCUT2D eigenvalue weighted by atomic mass is 10.3. The monoisotopic (exact) mass is 248 g/mol. The van der Waals surface area contributed by atoms with Crippen LogP contribution in [0.2, 0.25) is 0 Å². The van der Waals surface area contributed by atoms with Crippen molar-refractivity contribution in [1.29, 1.82) is 0 Å². The third-order valence-electron chi connectivity index (χ3n) is 2.15. The third kappa shape index (κ3) is 9.19. The summed E-state index contributed by atoms with van der Waals surface area (Å²) < 4.78 is 5.43. The maximum absolute atomic E-state index is 11.3. The topological polar surface area (TPSA) is 46.5 Å². The highest BCUT2D eigenvalue weighted by atomic mass is 32.2. The molecule has 0 aromatic carbocycles. The molecule has 1 atom stereocenters. The summed E-state index contributed by atoms with van der Waals surface area (Å²) in [6.07, 6.45) is 4.85. The molecule has 0 aliphatic heterocycles. The van der Waals surface area contributed by atoms with Crippen molar-refractivity contribution < 1.29 is 14.6 Å². The molecule has 0 radical (unpaired) electrons. The number of hydrogen-bond acceptors (Lipinski definition) is 4. The maximum Gasteiger partial charge on any atom is 0.189 e. The van der Waals surface area contributed by atoms with E-state index in [0.717, 1.165) is 19.4 Å². The molecule has 0 bridgehead atoms. The summed E-state index contributed by atoms with van der Waals surface area (Å²) in [7, 11) is 0. The van der Waals surface area contributed by atoms with E-state index in [9.17, 15) is 4.79 Å². The first-order valence-electron chi connectivity index (χ1n) is 6.12. The summed E-state index contributed by atoms with van der Waals surface area (Å²) in [6, 6.07) is 0. The van der Waals surface area contributed by atoms with E-state index in [2.05, 4.69) is 6.92 Å². The standard InChI is InChI=1S/C12H24O3S/c1-3-5-6-8-15-10-11(9-13)16-12(14)7-4-2/h11,13H,3-10H2,1-2H3/t11-/m0/s1. The van der Waals surface area contributed by atoms with Crippen LogP contribution in [0.4, 0.5) is 0 Å². The van der Waals surface area contributed by atoms with Gasteiger partial charge in [-0.1, -0.05) is 38.5 Å². The molecule has 0 saturated heterocycles. The first-order valence-corrected chi connectivity index (χ1v) is 7.00. The van der Waals surface area contributed by atoms with Gasteiger partial charge in [0.1, 0.15) is 0 Å². The molecule has 3 nitrogen and oxygen atoms in total. The van der Waals surface area contributed by atoms with Crippen molar-refractivity contribution in [3.8, 4) is 0 Å². The molecule has 96 valence electrons. The van der Waals surface area contributed by atoms with E-state index in [4.69, 9.17) is 9.84 Å². The van der Waals surface area contributed by atoms with Gasteiger partial charge in [-0.25, -0.2) is 0 Å². The van der Waals surface area contributed by atoms with Gasteiger partial charge in [0.05, 0.1) is 18.5 Å². The summed E-state index contributed by atoms with van der Waals surface area (Å²) in [5, 5.41) is 9.15. The molecule has 0 aromatic heterocycles. The zero-order valence-corrected chi connectivity index (χ0v) is 11.2. The van der Waals surface area contributed by atoms with Crippen molar-refractivity contribution in [3.63, 3.8) is 0 Å². The predicted molar refractivity (Wildman–Crippen MR) is 68.7 cm³/mol. The van der Waals surface area contributed by atoms with Crippen molar-refractivity contribution in [2.45, 2.75) is 51.2 Å². The summed E-state index contributed by atoms with van der Waals surface area (Å²) in [6.45, 7) is 5.34. The average Bonchev–Trinajstić information content (AvgIpc) is 2.27. The maximum atomic E-state index is 11.3. The molecule has 0 aliphatic carbocycles. The summed E-state index contributed by atoms with van der Waals surface area (Å²) in [4.78, 5) is 11.3. The molecule has 0 heterocycles. The zero-order chi connectivity index (χ0) is 12.2. The number of aliphatic hydroxyl groups is 1. The largest absolute Gasteiger partial charge is 0.395 e. The Morgan fingerprint density at radius 1 is 1.31 bits per heavy atom. The lowest BCUT2D eigenvalue weighted by molar-refractivity contribution is -0.111. The number of thioether (sulfide) groups is 1. The zero-order valence-electron chi connectivity index (χ0n) is 10.4. The van der Waals surface area contributed by atoms with Gasteiger partial charge in [0.2, 0.25) is 0 Å². The molecular formula is C12H24O3S. The molecule has 4 heteroatoms. The fourth-order valence-electron chi connectivity index (χ4n) is 1.24. The Labute approximate surface area is 103 Å². The van der Waals surface area contributed by atoms with Gasteiger partial charge >= 0.3 is 0 Å². The van der Waals surface area contributed by atoms with Gasteiger partial charge in [0, 0.05) is 13.0 Å². The van der Waals surface area contributed by atoms with Crippen molar-refractivity contribution in [2.24, 2.45) is 0 Å². The van der Waals surface area contributed by atoms with E-state index in [1.54, 1.807) is 0 Å². The summed E-state index contributed by atoms with van der Waals surface area (Å²) in [5.74, 6) is 0. The van der Waals surface area contributed by atoms with Crippen LogP contribution in [0, 0.1) is 0 Å². The van der Waals surface area contributed by atoms with Crippen molar-refractivity contribution >= 4 is 16.9 Å². The molecule has 0 spiro atoms. The van der Waals surface area contributed by atoms with E-state index in [-0.39, 0.29) is 17.0 Å².